The quantitative estimate of drug-likeness (QED) is 0.731. The number of hydrogen-bond donors (Lipinski definition) is 2. The molecular formula is C14H22N2O6S. The first kappa shape index (κ1) is 19.2. The van der Waals surface area contributed by atoms with Crippen molar-refractivity contribution >= 4 is 21.9 Å². The van der Waals surface area contributed by atoms with Gasteiger partial charge >= 0.3 is 5.97 Å². The van der Waals surface area contributed by atoms with Crippen LogP contribution >= 0.6 is 0 Å². The van der Waals surface area contributed by atoms with Crippen LogP contribution in [0.3, 0.4) is 0 Å². The van der Waals surface area contributed by atoms with Gasteiger partial charge in [0.25, 0.3) is 15.9 Å². The second-order valence-electron chi connectivity index (χ2n) is 5.33. The minimum absolute atomic E-state index is 0.00757. The zero-order valence-electron chi connectivity index (χ0n) is 13.6. The summed E-state index contributed by atoms with van der Waals surface area (Å²) in [4.78, 5) is 23.4. The maximum Gasteiger partial charge on any atom is 0.326 e. The van der Waals surface area contributed by atoms with Gasteiger partial charge in [-0.25, -0.2) is 17.5 Å². The number of carbonyl (C=O) groups is 2. The van der Waals surface area contributed by atoms with Crippen LogP contribution in [-0.4, -0.2) is 49.8 Å². The molecule has 130 valence electrons. The van der Waals surface area contributed by atoms with Crippen LogP contribution in [-0.2, 0) is 14.8 Å². The Kier molecular flexibility index (Phi) is 6.34. The van der Waals surface area contributed by atoms with E-state index in [0.717, 1.165) is 16.8 Å². The normalized spacial score (nSPS) is 13.1. The molecule has 0 aliphatic rings. The molecule has 0 fully saturated rings. The molecule has 2 N–H and O–H groups in total. The molecule has 0 radical (unpaired) electrons. The number of amides is 1. The number of furan rings is 1. The van der Waals surface area contributed by atoms with Crippen molar-refractivity contribution in [1.29, 1.82) is 0 Å². The van der Waals surface area contributed by atoms with E-state index >= 15 is 0 Å². The summed E-state index contributed by atoms with van der Waals surface area (Å²) < 4.78 is 30.1. The first-order chi connectivity index (χ1) is 10.6. The third kappa shape index (κ3) is 4.55. The number of carbonyl (C=O) groups excluding carboxylic acids is 1. The summed E-state index contributed by atoms with van der Waals surface area (Å²) in [5.41, 5.74) is 0.00757. The van der Waals surface area contributed by atoms with E-state index in [9.17, 15) is 18.0 Å². The van der Waals surface area contributed by atoms with Crippen LogP contribution in [0.15, 0.2) is 15.6 Å². The Morgan fingerprint density at radius 3 is 2.48 bits per heavy atom. The number of carboxylic acid groups (broad SMARTS) is 1. The van der Waals surface area contributed by atoms with Crippen molar-refractivity contribution in [3.8, 4) is 0 Å². The largest absolute Gasteiger partial charge is 0.480 e. The van der Waals surface area contributed by atoms with E-state index in [0.29, 0.717) is 12.8 Å². The lowest BCUT2D eigenvalue weighted by atomic mass is 10.1. The molecule has 1 amide bonds. The van der Waals surface area contributed by atoms with E-state index in [-0.39, 0.29) is 16.4 Å². The van der Waals surface area contributed by atoms with Crippen molar-refractivity contribution in [3.63, 3.8) is 0 Å². The third-order valence-electron chi connectivity index (χ3n) is 3.32. The predicted molar refractivity (Wildman–Crippen MR) is 82.7 cm³/mol. The number of nitrogens with one attached hydrogen (secondary N) is 1. The van der Waals surface area contributed by atoms with Gasteiger partial charge in [0, 0.05) is 20.2 Å². The summed E-state index contributed by atoms with van der Waals surface area (Å²) in [6, 6.07) is 0.0873. The van der Waals surface area contributed by atoms with E-state index in [2.05, 4.69) is 5.32 Å². The highest BCUT2D eigenvalue weighted by Crippen LogP contribution is 2.21. The summed E-state index contributed by atoms with van der Waals surface area (Å²) in [7, 11) is -1.11. The smallest absolute Gasteiger partial charge is 0.326 e. The average molecular weight is 346 g/mol. The van der Waals surface area contributed by atoms with Crippen LogP contribution < -0.4 is 5.32 Å². The van der Waals surface area contributed by atoms with E-state index in [1.807, 2.05) is 6.92 Å². The summed E-state index contributed by atoms with van der Waals surface area (Å²) in [5.74, 6) is -1.69. The van der Waals surface area contributed by atoms with Gasteiger partial charge in [0.15, 0.2) is 0 Å². The molecule has 1 atom stereocenters. The first-order valence-corrected chi connectivity index (χ1v) is 8.61. The summed E-state index contributed by atoms with van der Waals surface area (Å²) >= 11 is 0. The van der Waals surface area contributed by atoms with Gasteiger partial charge < -0.3 is 14.8 Å². The molecule has 1 rings (SSSR count). The second kappa shape index (κ2) is 7.60. The average Bonchev–Trinajstić information content (AvgIpc) is 2.85. The topological polar surface area (TPSA) is 117 Å². The minimum atomic E-state index is -3.80. The molecule has 0 aliphatic carbocycles. The van der Waals surface area contributed by atoms with Gasteiger partial charge in [0.1, 0.15) is 11.8 Å². The zero-order chi connectivity index (χ0) is 17.8. The van der Waals surface area contributed by atoms with E-state index < -0.39 is 27.9 Å². The van der Waals surface area contributed by atoms with E-state index in [1.54, 1.807) is 0 Å². The Labute approximate surface area is 135 Å². The summed E-state index contributed by atoms with van der Waals surface area (Å²) in [5, 5.41) is 11.2. The molecule has 0 unspecified atom stereocenters. The Morgan fingerprint density at radius 1 is 1.39 bits per heavy atom. The lowest BCUT2D eigenvalue weighted by molar-refractivity contribution is -0.139. The number of sulfonamides is 1. The molecule has 0 aromatic carbocycles. The summed E-state index contributed by atoms with van der Waals surface area (Å²) in [6.45, 7) is 3.37. The van der Waals surface area contributed by atoms with E-state index in [1.165, 1.54) is 21.0 Å². The Balaban J connectivity index is 3.01. The number of aliphatic carboxylic acids is 1. The third-order valence-corrected chi connectivity index (χ3v) is 5.00. The van der Waals surface area contributed by atoms with Crippen molar-refractivity contribution in [2.45, 2.75) is 44.2 Å². The zero-order valence-corrected chi connectivity index (χ0v) is 14.4. The monoisotopic (exact) mass is 346 g/mol. The molecule has 1 aromatic rings. The maximum atomic E-state index is 12.2. The Hall–Kier alpha value is -1.87. The predicted octanol–water partition coefficient (Wildman–Crippen LogP) is 1.21. The molecule has 8 nitrogen and oxygen atoms in total. The van der Waals surface area contributed by atoms with Crippen LogP contribution in [0.1, 0.15) is 42.3 Å². The Bertz CT molecular complexity index is 677. The van der Waals surface area contributed by atoms with Gasteiger partial charge in [-0.05, 0) is 13.3 Å². The molecule has 1 heterocycles. The molecule has 0 spiro atoms. The van der Waals surface area contributed by atoms with Crippen LogP contribution in [0, 0.1) is 6.92 Å². The lowest BCUT2D eigenvalue weighted by Gasteiger charge is -2.13. The number of carboxylic acids is 1. The van der Waals surface area contributed by atoms with Crippen LogP contribution in [0.4, 0.5) is 0 Å². The number of hydrogen-bond acceptors (Lipinski definition) is 5. The van der Waals surface area contributed by atoms with E-state index in [4.69, 9.17) is 9.52 Å². The molecule has 9 heteroatoms. The van der Waals surface area contributed by atoms with Gasteiger partial charge in [-0.3, -0.25) is 4.79 Å². The van der Waals surface area contributed by atoms with Crippen LogP contribution in [0.25, 0.3) is 0 Å². The van der Waals surface area contributed by atoms with Gasteiger partial charge in [0.2, 0.25) is 5.09 Å². The van der Waals surface area contributed by atoms with Gasteiger partial charge in [0.05, 0.1) is 5.56 Å². The number of aryl methyl sites for hydroxylation is 1. The SMILES string of the molecule is CCCC[C@H](NC(=O)c1cc(S(=O)(=O)N(C)C)oc1C)C(=O)O. The second-order valence-corrected chi connectivity index (χ2v) is 7.41. The van der Waals surface area contributed by atoms with Crippen molar-refractivity contribution in [2.75, 3.05) is 14.1 Å². The highest BCUT2D eigenvalue weighted by molar-refractivity contribution is 7.88. The summed E-state index contributed by atoms with van der Waals surface area (Å²) in [6.07, 6.45) is 1.76. The van der Waals surface area contributed by atoms with Crippen LogP contribution in [0.5, 0.6) is 0 Å². The highest BCUT2D eigenvalue weighted by atomic mass is 32.2. The van der Waals surface area contributed by atoms with Gasteiger partial charge in [-0.15, -0.1) is 0 Å². The molecule has 23 heavy (non-hydrogen) atoms. The fraction of sp³-hybridized carbons (Fsp3) is 0.571. The Morgan fingerprint density at radius 2 is 2.00 bits per heavy atom. The lowest BCUT2D eigenvalue weighted by Crippen LogP contribution is -2.40. The van der Waals surface area contributed by atoms with Crippen molar-refractivity contribution in [3.05, 3.63) is 17.4 Å². The van der Waals surface area contributed by atoms with Gasteiger partial charge in [-0.2, -0.15) is 0 Å². The number of unbranched alkanes of at least 4 members (excludes halogenated alkanes) is 1. The molecule has 0 saturated carbocycles. The molecule has 1 aromatic heterocycles. The fourth-order valence-electron chi connectivity index (χ4n) is 1.89. The molecular weight excluding hydrogens is 324 g/mol. The minimum Gasteiger partial charge on any atom is -0.480 e. The molecule has 0 bridgehead atoms. The highest BCUT2D eigenvalue weighted by Gasteiger charge is 2.27. The van der Waals surface area contributed by atoms with Crippen molar-refractivity contribution < 1.29 is 27.5 Å². The molecule has 0 aliphatic heterocycles. The molecule has 0 saturated heterocycles. The van der Waals surface area contributed by atoms with Crippen molar-refractivity contribution in [1.82, 2.24) is 9.62 Å². The fourth-order valence-corrected chi connectivity index (χ4v) is 2.75. The van der Waals surface area contributed by atoms with Crippen molar-refractivity contribution in [2.24, 2.45) is 0 Å². The standard InChI is InChI=1S/C14H22N2O6S/c1-5-6-7-11(14(18)19)15-13(17)10-8-12(22-9(10)2)23(20,21)16(3)4/h8,11H,5-7H2,1-4H3,(H,15,17)(H,18,19)/t11-/m0/s1. The number of rotatable bonds is 8. The first-order valence-electron chi connectivity index (χ1n) is 7.17. The maximum absolute atomic E-state index is 12.2. The number of nitrogens with zero attached hydrogens (tertiary/aromatic N) is 1. The van der Waals surface area contributed by atoms with Crippen LogP contribution in [0.2, 0.25) is 0 Å². The van der Waals surface area contributed by atoms with Gasteiger partial charge in [-0.1, -0.05) is 19.8 Å².